The molecule has 1 amide bonds. The molecule has 17 heavy (non-hydrogen) atoms. The number of ether oxygens (including phenoxy) is 1. The Balaban J connectivity index is 2.44. The zero-order chi connectivity index (χ0) is 12.4. The first-order valence-electron chi connectivity index (χ1n) is 5.26. The molecule has 1 atom stereocenters. The molecule has 0 aliphatic heterocycles. The number of carbonyl (C=O) groups is 1. The SMILES string of the molecule is COc1cc(C#N)cc2c1C(NC(=O)O)CC2. The molecular formula is C12H12N2O3. The number of hydrogen-bond acceptors (Lipinski definition) is 3. The van der Waals surface area contributed by atoms with Crippen LogP contribution in [0.2, 0.25) is 0 Å². The summed E-state index contributed by atoms with van der Waals surface area (Å²) < 4.78 is 5.23. The van der Waals surface area contributed by atoms with Crippen molar-refractivity contribution < 1.29 is 14.6 Å². The van der Waals surface area contributed by atoms with Gasteiger partial charge in [-0.2, -0.15) is 5.26 Å². The lowest BCUT2D eigenvalue weighted by molar-refractivity contribution is 0.189. The summed E-state index contributed by atoms with van der Waals surface area (Å²) in [5.41, 5.74) is 2.38. The molecule has 1 aliphatic rings. The van der Waals surface area contributed by atoms with Gasteiger partial charge in [0.15, 0.2) is 0 Å². The van der Waals surface area contributed by atoms with Crippen molar-refractivity contribution in [3.63, 3.8) is 0 Å². The van der Waals surface area contributed by atoms with Crippen molar-refractivity contribution in [2.24, 2.45) is 0 Å². The number of nitriles is 1. The maximum Gasteiger partial charge on any atom is 0.405 e. The van der Waals surface area contributed by atoms with Crippen LogP contribution in [0.3, 0.4) is 0 Å². The molecule has 0 saturated carbocycles. The first kappa shape index (κ1) is 11.3. The Hall–Kier alpha value is -2.22. The van der Waals surface area contributed by atoms with Crippen molar-refractivity contribution in [1.82, 2.24) is 5.32 Å². The second-order valence-electron chi connectivity index (χ2n) is 3.90. The number of rotatable bonds is 2. The van der Waals surface area contributed by atoms with E-state index in [-0.39, 0.29) is 6.04 Å². The van der Waals surface area contributed by atoms with E-state index in [2.05, 4.69) is 11.4 Å². The van der Waals surface area contributed by atoms with E-state index in [1.165, 1.54) is 7.11 Å². The number of aryl methyl sites for hydroxylation is 1. The summed E-state index contributed by atoms with van der Waals surface area (Å²) in [7, 11) is 1.52. The van der Waals surface area contributed by atoms with Gasteiger partial charge in [0.1, 0.15) is 5.75 Å². The van der Waals surface area contributed by atoms with Crippen molar-refractivity contribution in [3.8, 4) is 11.8 Å². The van der Waals surface area contributed by atoms with E-state index in [1.54, 1.807) is 12.1 Å². The second kappa shape index (κ2) is 4.34. The topological polar surface area (TPSA) is 82.3 Å². The largest absolute Gasteiger partial charge is 0.496 e. The molecule has 1 unspecified atom stereocenters. The first-order valence-corrected chi connectivity index (χ1v) is 5.26. The van der Waals surface area contributed by atoms with Crippen LogP contribution in [0.1, 0.15) is 29.2 Å². The molecule has 1 aromatic carbocycles. The van der Waals surface area contributed by atoms with Crippen molar-refractivity contribution in [2.75, 3.05) is 7.11 Å². The number of carboxylic acid groups (broad SMARTS) is 1. The predicted molar refractivity (Wildman–Crippen MR) is 59.9 cm³/mol. The van der Waals surface area contributed by atoms with Gasteiger partial charge in [0.05, 0.1) is 24.8 Å². The summed E-state index contributed by atoms with van der Waals surface area (Å²) in [6.07, 6.45) is 0.410. The highest BCUT2D eigenvalue weighted by atomic mass is 16.5. The van der Waals surface area contributed by atoms with Gasteiger partial charge in [-0.15, -0.1) is 0 Å². The van der Waals surface area contributed by atoms with Gasteiger partial charge in [0.2, 0.25) is 0 Å². The predicted octanol–water partition coefficient (Wildman–Crippen LogP) is 1.82. The molecule has 0 bridgehead atoms. The fourth-order valence-electron chi connectivity index (χ4n) is 2.26. The minimum atomic E-state index is -1.05. The molecule has 0 aromatic heterocycles. The third-order valence-corrected chi connectivity index (χ3v) is 2.93. The summed E-state index contributed by atoms with van der Waals surface area (Å²) in [5, 5.41) is 20.1. The van der Waals surface area contributed by atoms with Gasteiger partial charge in [-0.3, -0.25) is 0 Å². The smallest absolute Gasteiger partial charge is 0.405 e. The average Bonchev–Trinajstić information content (AvgIpc) is 2.70. The highest BCUT2D eigenvalue weighted by Gasteiger charge is 2.28. The van der Waals surface area contributed by atoms with E-state index < -0.39 is 6.09 Å². The van der Waals surface area contributed by atoms with Crippen LogP contribution in [-0.4, -0.2) is 18.3 Å². The number of nitrogens with zero attached hydrogens (tertiary/aromatic N) is 1. The molecule has 5 heteroatoms. The van der Waals surface area contributed by atoms with Gasteiger partial charge in [0.25, 0.3) is 0 Å². The molecule has 5 nitrogen and oxygen atoms in total. The van der Waals surface area contributed by atoms with E-state index in [4.69, 9.17) is 15.1 Å². The number of amides is 1. The molecule has 0 radical (unpaired) electrons. The lowest BCUT2D eigenvalue weighted by Crippen LogP contribution is -2.25. The number of nitrogens with one attached hydrogen (secondary N) is 1. The zero-order valence-electron chi connectivity index (χ0n) is 9.36. The quantitative estimate of drug-likeness (QED) is 0.814. The molecule has 1 aromatic rings. The summed E-state index contributed by atoms with van der Waals surface area (Å²) in [6.45, 7) is 0. The van der Waals surface area contributed by atoms with Crippen LogP contribution >= 0.6 is 0 Å². The van der Waals surface area contributed by atoms with Crippen LogP contribution in [0.25, 0.3) is 0 Å². The van der Waals surface area contributed by atoms with Crippen LogP contribution < -0.4 is 10.1 Å². The molecule has 88 valence electrons. The van der Waals surface area contributed by atoms with Gasteiger partial charge in [-0.1, -0.05) is 0 Å². The minimum Gasteiger partial charge on any atom is -0.496 e. The van der Waals surface area contributed by atoms with Crippen LogP contribution in [-0.2, 0) is 6.42 Å². The van der Waals surface area contributed by atoms with Crippen molar-refractivity contribution in [1.29, 1.82) is 5.26 Å². The van der Waals surface area contributed by atoms with E-state index in [0.29, 0.717) is 17.7 Å². The summed E-state index contributed by atoms with van der Waals surface area (Å²) in [5.74, 6) is 0.579. The number of hydrogen-bond donors (Lipinski definition) is 2. The second-order valence-corrected chi connectivity index (χ2v) is 3.90. The highest BCUT2D eigenvalue weighted by molar-refractivity contribution is 5.66. The Morgan fingerprint density at radius 3 is 3.00 bits per heavy atom. The van der Waals surface area contributed by atoms with Crippen molar-refractivity contribution in [3.05, 3.63) is 28.8 Å². The molecular weight excluding hydrogens is 220 g/mol. The van der Waals surface area contributed by atoms with Gasteiger partial charge in [-0.05, 0) is 30.5 Å². The van der Waals surface area contributed by atoms with Crippen molar-refractivity contribution >= 4 is 6.09 Å². The number of benzene rings is 1. The molecule has 0 heterocycles. The van der Waals surface area contributed by atoms with Crippen LogP contribution in [0.4, 0.5) is 4.79 Å². The zero-order valence-corrected chi connectivity index (χ0v) is 9.36. The lowest BCUT2D eigenvalue weighted by Gasteiger charge is -2.15. The Morgan fingerprint density at radius 1 is 1.65 bits per heavy atom. The normalized spacial score (nSPS) is 17.1. The van der Waals surface area contributed by atoms with Crippen molar-refractivity contribution in [2.45, 2.75) is 18.9 Å². The summed E-state index contributed by atoms with van der Waals surface area (Å²) in [6, 6.07) is 5.26. The minimum absolute atomic E-state index is 0.245. The van der Waals surface area contributed by atoms with E-state index in [1.807, 2.05) is 0 Å². The maximum absolute atomic E-state index is 10.7. The maximum atomic E-state index is 10.7. The fourth-order valence-corrected chi connectivity index (χ4v) is 2.26. The molecule has 0 spiro atoms. The molecule has 2 rings (SSSR count). The third-order valence-electron chi connectivity index (χ3n) is 2.93. The van der Waals surface area contributed by atoms with Crippen LogP contribution in [0.15, 0.2) is 12.1 Å². The fraction of sp³-hybridized carbons (Fsp3) is 0.333. The molecule has 0 saturated heterocycles. The Kier molecular flexibility index (Phi) is 2.88. The summed E-state index contributed by atoms with van der Waals surface area (Å²) >= 11 is 0. The standard InChI is InChI=1S/C12H12N2O3/c1-17-10-5-7(6-13)4-8-2-3-9(11(8)10)14-12(15)16/h4-5,9,14H,2-3H2,1H3,(H,15,16). The Morgan fingerprint density at radius 2 is 2.41 bits per heavy atom. The van der Waals surface area contributed by atoms with E-state index in [0.717, 1.165) is 17.5 Å². The highest BCUT2D eigenvalue weighted by Crippen LogP contribution is 2.38. The van der Waals surface area contributed by atoms with Crippen LogP contribution in [0, 0.1) is 11.3 Å². The molecule has 0 fully saturated rings. The Labute approximate surface area is 98.6 Å². The van der Waals surface area contributed by atoms with Crippen LogP contribution in [0.5, 0.6) is 5.75 Å². The third kappa shape index (κ3) is 2.02. The lowest BCUT2D eigenvalue weighted by atomic mass is 10.0. The molecule has 1 aliphatic carbocycles. The molecule has 2 N–H and O–H groups in total. The number of fused-ring (bicyclic) bond motifs is 1. The Bertz CT molecular complexity index is 505. The van der Waals surface area contributed by atoms with Gasteiger partial charge < -0.3 is 15.2 Å². The monoisotopic (exact) mass is 232 g/mol. The summed E-state index contributed by atoms with van der Waals surface area (Å²) in [4.78, 5) is 10.7. The van der Waals surface area contributed by atoms with E-state index in [9.17, 15) is 4.79 Å². The number of methoxy groups -OCH3 is 1. The van der Waals surface area contributed by atoms with Gasteiger partial charge in [-0.25, -0.2) is 4.79 Å². The van der Waals surface area contributed by atoms with Gasteiger partial charge >= 0.3 is 6.09 Å². The van der Waals surface area contributed by atoms with Gasteiger partial charge in [0, 0.05) is 5.56 Å². The first-order chi connectivity index (χ1) is 8.15. The average molecular weight is 232 g/mol. The van der Waals surface area contributed by atoms with E-state index >= 15 is 0 Å².